The van der Waals surface area contributed by atoms with E-state index in [0.717, 1.165) is 31.4 Å². The van der Waals surface area contributed by atoms with Crippen molar-refractivity contribution >= 4 is 10.0 Å². The van der Waals surface area contributed by atoms with Crippen LogP contribution in [0.3, 0.4) is 0 Å². The van der Waals surface area contributed by atoms with E-state index in [9.17, 15) is 17.9 Å². The first-order valence-electron chi connectivity index (χ1n) is 7.25. The molecule has 0 fully saturated rings. The molecular formula is C15H24FNO3S. The molecule has 1 aromatic carbocycles. The Labute approximate surface area is 126 Å². The van der Waals surface area contributed by atoms with E-state index in [2.05, 4.69) is 0 Å². The van der Waals surface area contributed by atoms with Crippen LogP contribution in [0.4, 0.5) is 4.39 Å². The van der Waals surface area contributed by atoms with Crippen molar-refractivity contribution < 1.29 is 17.9 Å². The molecule has 1 rings (SSSR count). The molecule has 0 unspecified atom stereocenters. The van der Waals surface area contributed by atoms with Crippen molar-refractivity contribution in [2.24, 2.45) is 0 Å². The predicted octanol–water partition coefficient (Wildman–Crippen LogP) is 2.91. The van der Waals surface area contributed by atoms with Gasteiger partial charge >= 0.3 is 0 Å². The van der Waals surface area contributed by atoms with Crippen molar-refractivity contribution in [3.05, 3.63) is 29.6 Å². The first-order valence-corrected chi connectivity index (χ1v) is 8.69. The topological polar surface area (TPSA) is 57.6 Å². The minimum absolute atomic E-state index is 0.143. The molecule has 4 nitrogen and oxygen atoms in total. The van der Waals surface area contributed by atoms with Crippen LogP contribution < -0.4 is 0 Å². The van der Waals surface area contributed by atoms with Gasteiger partial charge in [0.25, 0.3) is 0 Å². The average Bonchev–Trinajstić information content (AvgIpc) is 2.42. The van der Waals surface area contributed by atoms with Crippen molar-refractivity contribution in [3.63, 3.8) is 0 Å². The van der Waals surface area contributed by atoms with Crippen molar-refractivity contribution in [1.29, 1.82) is 0 Å². The molecule has 0 spiro atoms. The number of benzene rings is 1. The second-order valence-electron chi connectivity index (χ2n) is 5.33. The Bertz CT molecular complexity index is 558. The molecule has 0 radical (unpaired) electrons. The molecule has 0 heterocycles. The Morgan fingerprint density at radius 2 is 1.95 bits per heavy atom. The van der Waals surface area contributed by atoms with E-state index in [0.29, 0.717) is 6.54 Å². The lowest BCUT2D eigenvalue weighted by molar-refractivity contribution is 0.277. The fourth-order valence-corrected chi connectivity index (χ4v) is 4.10. The van der Waals surface area contributed by atoms with Gasteiger partial charge in [-0.15, -0.1) is 0 Å². The van der Waals surface area contributed by atoms with E-state index >= 15 is 0 Å². The highest BCUT2D eigenvalue weighted by Gasteiger charge is 2.29. The van der Waals surface area contributed by atoms with Gasteiger partial charge in [-0.1, -0.05) is 25.8 Å². The minimum atomic E-state index is -3.81. The zero-order valence-electron chi connectivity index (χ0n) is 12.8. The SMILES string of the molecule is CCCCCN(C(C)C)S(=O)(=O)c1cc(F)ccc1CO. The summed E-state index contributed by atoms with van der Waals surface area (Å²) in [5.41, 5.74) is 0.220. The molecule has 0 atom stereocenters. The number of halogens is 1. The molecule has 21 heavy (non-hydrogen) atoms. The summed E-state index contributed by atoms with van der Waals surface area (Å²) in [7, 11) is -3.81. The van der Waals surface area contributed by atoms with Crippen LogP contribution in [0, 0.1) is 5.82 Å². The van der Waals surface area contributed by atoms with Gasteiger partial charge in [0.15, 0.2) is 0 Å². The number of rotatable bonds is 8. The lowest BCUT2D eigenvalue weighted by atomic mass is 10.2. The second kappa shape index (κ2) is 7.87. The van der Waals surface area contributed by atoms with Gasteiger partial charge in [-0.3, -0.25) is 0 Å². The first kappa shape index (κ1) is 18.1. The van der Waals surface area contributed by atoms with Crippen LogP contribution in [-0.2, 0) is 16.6 Å². The first-order chi connectivity index (χ1) is 9.84. The smallest absolute Gasteiger partial charge is 0.243 e. The summed E-state index contributed by atoms with van der Waals surface area (Å²) in [5, 5.41) is 9.30. The normalized spacial score (nSPS) is 12.3. The van der Waals surface area contributed by atoms with Crippen LogP contribution >= 0.6 is 0 Å². The van der Waals surface area contributed by atoms with Gasteiger partial charge in [0.2, 0.25) is 10.0 Å². The Morgan fingerprint density at radius 1 is 1.29 bits per heavy atom. The molecule has 1 aromatic rings. The fraction of sp³-hybridized carbons (Fsp3) is 0.600. The lowest BCUT2D eigenvalue weighted by Crippen LogP contribution is -2.38. The molecule has 0 bridgehead atoms. The van der Waals surface area contributed by atoms with E-state index in [4.69, 9.17) is 0 Å². The molecule has 120 valence electrons. The highest BCUT2D eigenvalue weighted by molar-refractivity contribution is 7.89. The third-order valence-corrected chi connectivity index (χ3v) is 5.50. The molecule has 0 aliphatic carbocycles. The quantitative estimate of drug-likeness (QED) is 0.750. The van der Waals surface area contributed by atoms with E-state index in [1.165, 1.54) is 10.4 Å². The summed E-state index contributed by atoms with van der Waals surface area (Å²) >= 11 is 0. The Balaban J connectivity index is 3.19. The maximum Gasteiger partial charge on any atom is 0.243 e. The van der Waals surface area contributed by atoms with E-state index in [1.807, 2.05) is 6.92 Å². The summed E-state index contributed by atoms with van der Waals surface area (Å²) in [6.45, 7) is 5.60. The Kier molecular flexibility index (Phi) is 6.77. The average molecular weight is 317 g/mol. The van der Waals surface area contributed by atoms with Crippen LogP contribution in [0.15, 0.2) is 23.1 Å². The molecular weight excluding hydrogens is 293 g/mol. The molecule has 0 saturated heterocycles. The highest BCUT2D eigenvalue weighted by Crippen LogP contribution is 2.24. The second-order valence-corrected chi connectivity index (χ2v) is 7.19. The number of aliphatic hydroxyl groups is 1. The number of unbranched alkanes of at least 4 members (excludes halogenated alkanes) is 2. The monoisotopic (exact) mass is 317 g/mol. The van der Waals surface area contributed by atoms with Crippen LogP contribution in [0.5, 0.6) is 0 Å². The van der Waals surface area contributed by atoms with Crippen molar-refractivity contribution in [2.75, 3.05) is 6.54 Å². The van der Waals surface area contributed by atoms with Gasteiger partial charge in [0, 0.05) is 12.6 Å². The van der Waals surface area contributed by atoms with Crippen LogP contribution in [0.1, 0.15) is 45.6 Å². The number of aliphatic hydroxyl groups excluding tert-OH is 1. The van der Waals surface area contributed by atoms with Gasteiger partial charge in [-0.25, -0.2) is 12.8 Å². The summed E-state index contributed by atoms with van der Waals surface area (Å²) in [6.07, 6.45) is 2.69. The van der Waals surface area contributed by atoms with Crippen LogP contribution in [0.25, 0.3) is 0 Å². The number of sulfonamides is 1. The molecule has 0 aliphatic rings. The number of nitrogens with zero attached hydrogens (tertiary/aromatic N) is 1. The molecule has 0 aliphatic heterocycles. The molecule has 6 heteroatoms. The van der Waals surface area contributed by atoms with E-state index in [1.54, 1.807) is 13.8 Å². The van der Waals surface area contributed by atoms with Gasteiger partial charge in [-0.2, -0.15) is 4.31 Å². The standard InChI is InChI=1S/C15H24FNO3S/c1-4-5-6-9-17(12(2)3)21(19,20)15-10-14(16)8-7-13(15)11-18/h7-8,10,12,18H,4-6,9,11H2,1-3H3. The maximum atomic E-state index is 13.4. The van der Waals surface area contributed by atoms with E-state index < -0.39 is 22.4 Å². The maximum absolute atomic E-state index is 13.4. The molecule has 0 saturated carbocycles. The summed E-state index contributed by atoms with van der Waals surface area (Å²) < 4.78 is 40.3. The zero-order chi connectivity index (χ0) is 16.0. The van der Waals surface area contributed by atoms with E-state index in [-0.39, 0.29) is 16.5 Å². The zero-order valence-corrected chi connectivity index (χ0v) is 13.7. The van der Waals surface area contributed by atoms with Crippen molar-refractivity contribution in [3.8, 4) is 0 Å². The third-order valence-electron chi connectivity index (χ3n) is 3.34. The van der Waals surface area contributed by atoms with Crippen molar-refractivity contribution in [2.45, 2.75) is 57.6 Å². The predicted molar refractivity (Wildman–Crippen MR) is 80.9 cm³/mol. The summed E-state index contributed by atoms with van der Waals surface area (Å²) in [6, 6.07) is 3.23. The van der Waals surface area contributed by atoms with Crippen LogP contribution in [0.2, 0.25) is 0 Å². The summed E-state index contributed by atoms with van der Waals surface area (Å²) in [4.78, 5) is -0.143. The van der Waals surface area contributed by atoms with Crippen LogP contribution in [-0.4, -0.2) is 30.4 Å². The minimum Gasteiger partial charge on any atom is -0.392 e. The highest BCUT2D eigenvalue weighted by atomic mass is 32.2. The third kappa shape index (κ3) is 4.49. The van der Waals surface area contributed by atoms with Crippen molar-refractivity contribution in [1.82, 2.24) is 4.31 Å². The number of hydrogen-bond donors (Lipinski definition) is 1. The van der Waals surface area contributed by atoms with Gasteiger partial charge < -0.3 is 5.11 Å². The lowest BCUT2D eigenvalue weighted by Gasteiger charge is -2.26. The number of hydrogen-bond acceptors (Lipinski definition) is 3. The molecule has 0 aromatic heterocycles. The summed E-state index contributed by atoms with van der Waals surface area (Å²) in [5.74, 6) is -0.622. The molecule has 0 amide bonds. The Morgan fingerprint density at radius 3 is 2.48 bits per heavy atom. The Hall–Kier alpha value is -0.980. The van der Waals surface area contributed by atoms with Gasteiger partial charge in [0.05, 0.1) is 11.5 Å². The molecule has 1 N–H and O–H groups in total. The van der Waals surface area contributed by atoms with Gasteiger partial charge in [0.1, 0.15) is 5.82 Å². The fourth-order valence-electron chi connectivity index (χ4n) is 2.20. The van der Waals surface area contributed by atoms with Gasteiger partial charge in [-0.05, 0) is 38.0 Å². The largest absolute Gasteiger partial charge is 0.392 e.